The Morgan fingerprint density at radius 1 is 0.399 bits per heavy atom. The summed E-state index contributed by atoms with van der Waals surface area (Å²) in [6.45, 7) is 21.2. The fourth-order valence-electron chi connectivity index (χ4n) is 12.1. The lowest BCUT2D eigenvalue weighted by atomic mass is 9.70. The topological polar surface area (TPSA) is 443 Å². The largest absolute Gasteiger partial charge is 0.507 e. The van der Waals surface area contributed by atoms with Gasteiger partial charge in [0.1, 0.15) is 17.2 Å². The second kappa shape index (κ2) is 49.7. The number of benzene rings is 14. The molecule has 0 bridgehead atoms. The standard InChI is InChI=1S/C18H14F3NO3S.C17H22BNO4S.C11H10BrNO2S.C11H11NO3S.C10H6BrClO2S.C10H7BrO3S.C7H5BF3O.C6H13B2O2.C6H14O2.H2O/c1-22-26(23,24)15-9-10-16-12(11-15)3-2-4-17(16)25-14-7-5-13(6-8-14)18(19,20)21;1-16(2)17(3,4)23-18(22-16)15-8-6-7-12-11-13(9-10-14(12)15)24(20,21)19-5;1-13-16(14,15)9-5-6-10-8(7-9)3-2-4-11(10)12;1-12-16(14,15)9-5-6-10-8(7-9)3-2-4-11(10)13;2*11-10-3-1-2-7-6-8(15(12,13)14)4-5-9(7)10;9-7(10,11)5-1-3-6(8-12)4-2-5;1-5(2,9)6(3,4)10-8-7;1-5(2,7)6(3,4)8;/h2-11,22H,1H3;6-11,19H,1-5H3;2-7,13H,1H3;2-7,12-13H,1H3;1-6H;1-6H,(H,12,13,14);1-4,12H;9H,1-4H3;7-8H,1-4H3;1H2. The summed E-state index contributed by atoms with van der Waals surface area (Å²) in [4.78, 5) is 0.847. The van der Waals surface area contributed by atoms with Gasteiger partial charge in [-0.1, -0.05) is 181 Å². The van der Waals surface area contributed by atoms with Gasteiger partial charge in [-0.3, -0.25) is 4.55 Å². The number of halogens is 10. The van der Waals surface area contributed by atoms with Crippen molar-refractivity contribution >= 4 is 223 Å². The molecule has 15 rings (SSSR count). The number of aliphatic hydroxyl groups is 3. The molecule has 1 fully saturated rings. The summed E-state index contributed by atoms with van der Waals surface area (Å²) in [7, 11) is -4.45. The Morgan fingerprint density at radius 2 is 0.692 bits per heavy atom. The van der Waals surface area contributed by atoms with Crippen molar-refractivity contribution in [2.45, 2.75) is 158 Å². The van der Waals surface area contributed by atoms with E-state index in [2.05, 4.69) is 66.7 Å². The predicted octanol–water partition coefficient (Wildman–Crippen LogP) is 17.8. The van der Waals surface area contributed by atoms with Crippen LogP contribution in [0.25, 0.3) is 64.6 Å². The van der Waals surface area contributed by atoms with Crippen LogP contribution in [0.15, 0.2) is 310 Å². The molecule has 14 aromatic rings. The van der Waals surface area contributed by atoms with E-state index in [4.69, 9.17) is 56.9 Å². The monoisotopic (exact) mass is 2300 g/mol. The number of aromatic hydroxyl groups is 1. The third-order valence-electron chi connectivity index (χ3n) is 22.5. The molecule has 1 heterocycles. The van der Waals surface area contributed by atoms with Crippen molar-refractivity contribution in [2.24, 2.45) is 0 Å². The Kier molecular flexibility index (Phi) is 42.6. The zero-order valence-corrected chi connectivity index (χ0v) is 90.1. The van der Waals surface area contributed by atoms with E-state index in [1.165, 1.54) is 94.9 Å². The van der Waals surface area contributed by atoms with Gasteiger partial charge < -0.3 is 49.6 Å². The summed E-state index contributed by atoms with van der Waals surface area (Å²) >= 11 is 10.2. The fraction of sp³-hybridized carbons (Fsp3) is 0.250. The van der Waals surface area contributed by atoms with Gasteiger partial charge in [0.05, 0.1) is 81.8 Å². The molecular weight excluding hydrogens is 2200 g/mol. The van der Waals surface area contributed by atoms with Crippen molar-refractivity contribution in [1.82, 2.24) is 18.9 Å². The summed E-state index contributed by atoms with van der Waals surface area (Å²) in [5.74, 6) is 0.805. The number of phenolic OH excluding ortho intramolecular Hbond substituents is 1. The number of sulfonamides is 4. The Morgan fingerprint density at radius 3 is 1.02 bits per heavy atom. The molecule has 0 spiro atoms. The summed E-state index contributed by atoms with van der Waals surface area (Å²) in [6.07, 6.45) is -8.72. The zero-order valence-electron chi connectivity index (χ0n) is 79.7. The fourth-order valence-corrected chi connectivity index (χ4v) is 18.0. The van der Waals surface area contributed by atoms with E-state index in [9.17, 15) is 87.1 Å². The Labute approximate surface area is 861 Å². The van der Waals surface area contributed by atoms with Gasteiger partial charge in [0, 0.05) is 34.9 Å². The van der Waals surface area contributed by atoms with Crippen LogP contribution < -0.4 is 34.6 Å². The molecule has 0 aromatic heterocycles. The van der Waals surface area contributed by atoms with Crippen LogP contribution >= 0.6 is 58.5 Å². The first-order chi connectivity index (χ1) is 65.4. The highest BCUT2D eigenvalue weighted by Gasteiger charge is 2.52. The van der Waals surface area contributed by atoms with Crippen molar-refractivity contribution in [3.8, 4) is 17.2 Å². The molecule has 0 amide bonds. The number of hydrogen-bond acceptors (Lipinski definition) is 21. The minimum absolute atomic E-state index is 0. The molecule has 47 heteroatoms. The first-order valence-electron chi connectivity index (χ1n) is 42.2. The highest BCUT2D eigenvalue weighted by Crippen LogP contribution is 2.40. The third kappa shape index (κ3) is 33.8. The third-order valence-corrected chi connectivity index (χ3v) is 32.4. The number of rotatable bonds is 18. The van der Waals surface area contributed by atoms with Crippen LogP contribution in [0, 0.1) is 0 Å². The van der Waals surface area contributed by atoms with Crippen molar-refractivity contribution in [2.75, 3.05) is 28.2 Å². The smallest absolute Gasteiger partial charge is 0.495 e. The Balaban J connectivity index is 0.000000251. The second-order valence-corrected chi connectivity index (χ2v) is 48.1. The summed E-state index contributed by atoms with van der Waals surface area (Å²) < 4.78 is 256. The molecule has 12 N–H and O–H groups in total. The van der Waals surface area contributed by atoms with E-state index in [1.54, 1.807) is 171 Å². The number of hydrogen-bond donors (Lipinski definition) is 10. The molecule has 1 aliphatic heterocycles. The van der Waals surface area contributed by atoms with Gasteiger partial charge in [-0.05, 0) is 310 Å². The molecule has 1 saturated heterocycles. The predicted molar refractivity (Wildman–Crippen MR) is 562 cm³/mol. The molecule has 0 atom stereocenters. The summed E-state index contributed by atoms with van der Waals surface area (Å²) in [5.41, 5.74) is -4.60. The molecule has 0 saturated carbocycles. The van der Waals surface area contributed by atoms with Gasteiger partial charge in [-0.2, -0.15) is 34.8 Å². The first-order valence-corrected chi connectivity index (χ1v) is 54.2. The SMILES string of the molecule is CC(C)(O)C(C)(C)O.CNS(=O)(=O)c1ccc2c(B3OC(C)(C)C(C)(C)O3)cccc2c1.CNS(=O)(=O)c1ccc2c(Br)cccc2c1.CNS(=O)(=O)c1ccc2c(O)cccc2c1.CNS(=O)(=O)c1ccc2c(Oc3ccc(C(F)(F)F)cc3)cccc2c1.O.O=S(=O)(Cl)c1ccc2c(Br)cccc2c1.O=S(=O)(O)c1ccc2c(Br)cccc2c1.O[B]c1ccc(C(F)(F)F)cc1.[B][B]OC(C)(C)C(C)(C)O. The normalized spacial score (nSPS) is 13.4. The van der Waals surface area contributed by atoms with Gasteiger partial charge in [0.25, 0.3) is 19.2 Å². The van der Waals surface area contributed by atoms with Crippen LogP contribution in [0.2, 0.25) is 0 Å². The van der Waals surface area contributed by atoms with Crippen molar-refractivity contribution < 1.29 is 131 Å². The van der Waals surface area contributed by atoms with E-state index in [0.29, 0.717) is 32.8 Å². The maximum Gasteiger partial charge on any atom is 0.495 e. The van der Waals surface area contributed by atoms with Crippen LogP contribution in [0.3, 0.4) is 0 Å². The van der Waals surface area contributed by atoms with Gasteiger partial charge in [0.2, 0.25) is 47.5 Å². The molecule has 143 heavy (non-hydrogen) atoms. The van der Waals surface area contributed by atoms with Crippen molar-refractivity contribution in [1.29, 1.82) is 0 Å². The molecule has 4 radical (unpaired) electrons. The van der Waals surface area contributed by atoms with Crippen LogP contribution in [0.1, 0.15) is 94.2 Å². The number of alkyl halides is 6. The molecule has 0 aliphatic carbocycles. The van der Waals surface area contributed by atoms with E-state index in [-0.39, 0.29) is 46.3 Å². The number of ether oxygens (including phenoxy) is 1. The average Bonchev–Trinajstić information content (AvgIpc) is 1.60. The average molecular weight is 2310 g/mol. The number of nitrogens with one attached hydrogen (secondary N) is 4. The molecule has 1 aliphatic rings. The number of phenols is 1. The van der Waals surface area contributed by atoms with Crippen LogP contribution in [0.4, 0.5) is 26.3 Å². The summed E-state index contributed by atoms with van der Waals surface area (Å²) in [6, 6.07) is 69.6. The van der Waals surface area contributed by atoms with Gasteiger partial charge in [0.15, 0.2) is 0 Å². The van der Waals surface area contributed by atoms with Gasteiger partial charge in [-0.15, -0.1) is 0 Å². The summed E-state index contributed by atoms with van der Waals surface area (Å²) in [5, 5.41) is 55.4. The molecule has 0 unspecified atom stereocenters. The molecular formula is C96H104B4Br3ClF6N4O23S6. The zero-order chi connectivity index (χ0) is 107. The minimum atomic E-state index is -4.41. The molecule has 14 aromatic carbocycles. The Bertz CT molecular complexity index is 7300. The lowest BCUT2D eigenvalue weighted by Gasteiger charge is -2.37. The lowest BCUT2D eigenvalue weighted by molar-refractivity contribution is -0.138. The molecule has 27 nitrogen and oxygen atoms in total. The van der Waals surface area contributed by atoms with Crippen LogP contribution in [0.5, 0.6) is 17.2 Å². The van der Waals surface area contributed by atoms with E-state index < -0.39 is 123 Å². The van der Waals surface area contributed by atoms with E-state index in [1.807, 2.05) is 88.4 Å². The maximum atomic E-state index is 12.6. The van der Waals surface area contributed by atoms with Crippen molar-refractivity contribution in [3.05, 3.63) is 291 Å². The highest BCUT2D eigenvalue weighted by molar-refractivity contribution is 9.11. The maximum absolute atomic E-state index is 12.6. The first kappa shape index (κ1) is 123. The van der Waals surface area contributed by atoms with Crippen LogP contribution in [-0.4, -0.2) is 177 Å². The van der Waals surface area contributed by atoms with Crippen LogP contribution in [-0.2, 0) is 85.6 Å². The van der Waals surface area contributed by atoms with Gasteiger partial charge in [-0.25, -0.2) is 61.0 Å². The molecule has 764 valence electrons. The van der Waals surface area contributed by atoms with Crippen molar-refractivity contribution in [3.63, 3.8) is 0 Å². The second-order valence-electron chi connectivity index (χ2n) is 34.0. The minimum Gasteiger partial charge on any atom is -0.507 e. The van der Waals surface area contributed by atoms with E-state index >= 15 is 0 Å². The van der Waals surface area contributed by atoms with Gasteiger partial charge >= 0.3 is 27.0 Å². The quantitative estimate of drug-likeness (QED) is 0.0165. The Hall–Kier alpha value is -9.01. The highest BCUT2D eigenvalue weighted by atomic mass is 79.9. The number of fused-ring (bicyclic) bond motifs is 6. The lowest BCUT2D eigenvalue weighted by Crippen LogP contribution is -2.48. The van der Waals surface area contributed by atoms with E-state index in [0.717, 1.165) is 101 Å².